The van der Waals surface area contributed by atoms with Crippen LogP contribution >= 0.6 is 0 Å². The highest BCUT2D eigenvalue weighted by atomic mass is 16.1. The van der Waals surface area contributed by atoms with E-state index in [9.17, 15) is 9.59 Å². The van der Waals surface area contributed by atoms with Gasteiger partial charge < -0.3 is 4.90 Å². The number of aromatic amines is 1. The molecule has 0 unspecified atom stereocenters. The maximum atomic E-state index is 11.8. The van der Waals surface area contributed by atoms with Crippen LogP contribution < -0.4 is 10.5 Å². The molecular formula is C13H13N3O2. The van der Waals surface area contributed by atoms with Crippen molar-refractivity contribution in [3.63, 3.8) is 0 Å². The molecule has 0 aliphatic carbocycles. The van der Waals surface area contributed by atoms with Gasteiger partial charge in [-0.3, -0.25) is 14.6 Å². The number of nitrogens with zero attached hydrogens (tertiary/aromatic N) is 2. The summed E-state index contributed by atoms with van der Waals surface area (Å²) in [6.07, 6.45) is 0.535. The molecule has 1 N–H and O–H groups in total. The van der Waals surface area contributed by atoms with Crippen molar-refractivity contribution in [3.8, 4) is 11.3 Å². The van der Waals surface area contributed by atoms with Crippen LogP contribution in [0.3, 0.4) is 0 Å². The van der Waals surface area contributed by atoms with Crippen LogP contribution in [0.1, 0.15) is 10.4 Å². The molecule has 1 aromatic heterocycles. The van der Waals surface area contributed by atoms with Crippen molar-refractivity contribution in [3.05, 3.63) is 46.2 Å². The fourth-order valence-corrected chi connectivity index (χ4v) is 1.61. The molecule has 1 aromatic carbocycles. The van der Waals surface area contributed by atoms with E-state index in [0.29, 0.717) is 17.9 Å². The zero-order valence-electron chi connectivity index (χ0n) is 10.2. The average molecular weight is 243 g/mol. The summed E-state index contributed by atoms with van der Waals surface area (Å²) < 4.78 is 0. The number of aldehydes is 1. The first-order valence-electron chi connectivity index (χ1n) is 5.45. The molecular weight excluding hydrogens is 230 g/mol. The fraction of sp³-hybridized carbons (Fsp3) is 0.154. The lowest BCUT2D eigenvalue weighted by Gasteiger charge is -2.13. The molecule has 0 aliphatic heterocycles. The third-order valence-corrected chi connectivity index (χ3v) is 2.53. The number of H-pyrrole nitrogens is 1. The standard InChI is InChI=1S/C13H13N3O2/c1-16(2)13-14-11(9-6-4-3-5-7-9)10(8-17)12(18)15-13/h3-8H,1-2H3,(H,14,15,18). The molecule has 2 rings (SSSR count). The minimum absolute atomic E-state index is 0.0480. The number of rotatable bonds is 3. The smallest absolute Gasteiger partial charge is 0.263 e. The normalized spacial score (nSPS) is 10.1. The lowest BCUT2D eigenvalue weighted by Crippen LogP contribution is -2.22. The zero-order valence-corrected chi connectivity index (χ0v) is 10.2. The minimum Gasteiger partial charge on any atom is -0.348 e. The molecule has 1 heterocycles. The lowest BCUT2D eigenvalue weighted by molar-refractivity contribution is 0.112. The Labute approximate surface area is 104 Å². The van der Waals surface area contributed by atoms with E-state index < -0.39 is 5.56 Å². The number of hydrogen-bond donors (Lipinski definition) is 1. The Bertz CT molecular complexity index is 618. The largest absolute Gasteiger partial charge is 0.348 e. The van der Waals surface area contributed by atoms with Crippen LogP contribution in [-0.4, -0.2) is 30.3 Å². The van der Waals surface area contributed by atoms with Gasteiger partial charge in [-0.05, 0) is 0 Å². The SMILES string of the molecule is CN(C)c1nc(-c2ccccc2)c(C=O)c(=O)[nH]1. The number of carbonyl (C=O) groups excluding carboxylic acids is 1. The second-order valence-corrected chi connectivity index (χ2v) is 4.03. The number of carbonyl (C=O) groups is 1. The second-order valence-electron chi connectivity index (χ2n) is 4.03. The molecule has 0 amide bonds. The molecule has 0 aliphatic rings. The topological polar surface area (TPSA) is 66.1 Å². The maximum Gasteiger partial charge on any atom is 0.263 e. The summed E-state index contributed by atoms with van der Waals surface area (Å²) >= 11 is 0. The van der Waals surface area contributed by atoms with Crippen molar-refractivity contribution in [2.45, 2.75) is 0 Å². The van der Waals surface area contributed by atoms with Gasteiger partial charge in [-0.25, -0.2) is 4.98 Å². The molecule has 5 heteroatoms. The predicted molar refractivity (Wildman–Crippen MR) is 70.0 cm³/mol. The number of benzene rings is 1. The van der Waals surface area contributed by atoms with Crippen molar-refractivity contribution >= 4 is 12.2 Å². The van der Waals surface area contributed by atoms with E-state index >= 15 is 0 Å². The van der Waals surface area contributed by atoms with Crippen LogP contribution in [0.25, 0.3) is 11.3 Å². The molecule has 2 aromatic rings. The Morgan fingerprint density at radius 3 is 2.44 bits per heavy atom. The van der Waals surface area contributed by atoms with Crippen LogP contribution in [0.4, 0.5) is 5.95 Å². The zero-order chi connectivity index (χ0) is 13.1. The Morgan fingerprint density at radius 1 is 1.22 bits per heavy atom. The molecule has 5 nitrogen and oxygen atoms in total. The third-order valence-electron chi connectivity index (χ3n) is 2.53. The number of aromatic nitrogens is 2. The van der Waals surface area contributed by atoms with Crippen LogP contribution in [0, 0.1) is 0 Å². The van der Waals surface area contributed by atoms with Gasteiger partial charge >= 0.3 is 0 Å². The van der Waals surface area contributed by atoms with Crippen molar-refractivity contribution in [2.75, 3.05) is 19.0 Å². The number of hydrogen-bond acceptors (Lipinski definition) is 4. The predicted octanol–water partition coefficient (Wildman–Crippen LogP) is 1.32. The van der Waals surface area contributed by atoms with Gasteiger partial charge in [-0.15, -0.1) is 0 Å². The van der Waals surface area contributed by atoms with E-state index in [0.717, 1.165) is 5.56 Å². The summed E-state index contributed by atoms with van der Waals surface area (Å²) in [6.45, 7) is 0. The van der Waals surface area contributed by atoms with E-state index in [1.807, 2.05) is 30.3 Å². The molecule has 92 valence electrons. The van der Waals surface area contributed by atoms with E-state index in [1.54, 1.807) is 19.0 Å². The van der Waals surface area contributed by atoms with Crippen molar-refractivity contribution in [2.24, 2.45) is 0 Å². The highest BCUT2D eigenvalue weighted by molar-refractivity contribution is 5.85. The lowest BCUT2D eigenvalue weighted by atomic mass is 10.1. The van der Waals surface area contributed by atoms with Gasteiger partial charge in [0.15, 0.2) is 6.29 Å². The summed E-state index contributed by atoms with van der Waals surface area (Å²) in [7, 11) is 3.54. The first kappa shape index (κ1) is 12.0. The number of anilines is 1. The van der Waals surface area contributed by atoms with Crippen LogP contribution in [0.15, 0.2) is 35.1 Å². The highest BCUT2D eigenvalue weighted by Gasteiger charge is 2.13. The van der Waals surface area contributed by atoms with E-state index in [4.69, 9.17) is 0 Å². The van der Waals surface area contributed by atoms with Crippen molar-refractivity contribution < 1.29 is 4.79 Å². The van der Waals surface area contributed by atoms with Crippen LogP contribution in [0.2, 0.25) is 0 Å². The van der Waals surface area contributed by atoms with E-state index in [2.05, 4.69) is 9.97 Å². The second kappa shape index (κ2) is 4.83. The average Bonchev–Trinajstić information content (AvgIpc) is 2.38. The van der Waals surface area contributed by atoms with Gasteiger partial charge in [-0.2, -0.15) is 0 Å². The molecule has 18 heavy (non-hydrogen) atoms. The third kappa shape index (κ3) is 2.15. The number of nitrogens with one attached hydrogen (secondary N) is 1. The van der Waals surface area contributed by atoms with E-state index in [-0.39, 0.29) is 5.56 Å². The van der Waals surface area contributed by atoms with Gasteiger partial charge in [-0.1, -0.05) is 30.3 Å². The summed E-state index contributed by atoms with van der Waals surface area (Å²) in [6, 6.07) is 9.16. The Kier molecular flexibility index (Phi) is 3.23. The molecule has 0 bridgehead atoms. The Morgan fingerprint density at radius 2 is 1.89 bits per heavy atom. The highest BCUT2D eigenvalue weighted by Crippen LogP contribution is 2.19. The summed E-state index contributed by atoms with van der Waals surface area (Å²) in [5.41, 5.74) is 0.765. The fourth-order valence-electron chi connectivity index (χ4n) is 1.61. The molecule has 0 radical (unpaired) electrons. The van der Waals surface area contributed by atoms with Gasteiger partial charge in [0.2, 0.25) is 5.95 Å². The van der Waals surface area contributed by atoms with Crippen LogP contribution in [0.5, 0.6) is 0 Å². The Hall–Kier alpha value is -2.43. The van der Waals surface area contributed by atoms with Crippen molar-refractivity contribution in [1.82, 2.24) is 9.97 Å². The molecule has 0 spiro atoms. The quantitative estimate of drug-likeness (QED) is 0.825. The maximum absolute atomic E-state index is 11.8. The molecule has 0 saturated heterocycles. The first-order chi connectivity index (χ1) is 8.63. The van der Waals surface area contributed by atoms with Crippen LogP contribution in [-0.2, 0) is 0 Å². The summed E-state index contributed by atoms with van der Waals surface area (Å²) in [4.78, 5) is 31.4. The van der Waals surface area contributed by atoms with Gasteiger partial charge in [0.25, 0.3) is 5.56 Å². The first-order valence-corrected chi connectivity index (χ1v) is 5.45. The molecule has 0 saturated carbocycles. The summed E-state index contributed by atoms with van der Waals surface area (Å²) in [5, 5.41) is 0. The summed E-state index contributed by atoms with van der Waals surface area (Å²) in [5.74, 6) is 0.421. The molecule has 0 fully saturated rings. The minimum atomic E-state index is -0.428. The van der Waals surface area contributed by atoms with Crippen molar-refractivity contribution in [1.29, 1.82) is 0 Å². The van der Waals surface area contributed by atoms with Gasteiger partial charge in [0.1, 0.15) is 5.56 Å². The Balaban J connectivity index is 2.72. The van der Waals surface area contributed by atoms with Gasteiger partial charge in [0.05, 0.1) is 5.69 Å². The van der Waals surface area contributed by atoms with Gasteiger partial charge in [0, 0.05) is 19.7 Å². The van der Waals surface area contributed by atoms with E-state index in [1.165, 1.54) is 0 Å². The monoisotopic (exact) mass is 243 g/mol. The molecule has 0 atom stereocenters.